The van der Waals surface area contributed by atoms with Crippen LogP contribution in [0.5, 0.6) is 5.75 Å². The smallest absolute Gasteiger partial charge is 0.251 e. The number of benzene rings is 2. The zero-order valence-electron chi connectivity index (χ0n) is 14.7. The highest BCUT2D eigenvalue weighted by Gasteiger charge is 2.15. The van der Waals surface area contributed by atoms with Gasteiger partial charge in [-0.15, -0.1) is 0 Å². The highest BCUT2D eigenvalue weighted by Crippen LogP contribution is 2.31. The molecule has 0 saturated carbocycles. The summed E-state index contributed by atoms with van der Waals surface area (Å²) in [7, 11) is 1.57. The number of methoxy groups -OCH3 is 1. The van der Waals surface area contributed by atoms with Crippen LogP contribution in [0.2, 0.25) is 5.02 Å². The maximum Gasteiger partial charge on any atom is 0.251 e. The highest BCUT2D eigenvalue weighted by molar-refractivity contribution is 6.32. The Kier molecular flexibility index (Phi) is 5.44. The molecular weight excluding hydrogens is 352 g/mol. The number of carbonyl (C=O) groups is 1. The fraction of sp³-hybridized carbons (Fsp3) is 0.263. The van der Waals surface area contributed by atoms with Crippen molar-refractivity contribution in [1.29, 1.82) is 0 Å². The molecule has 4 N–H and O–H groups in total. The van der Waals surface area contributed by atoms with Crippen molar-refractivity contribution in [1.82, 2.24) is 15.3 Å². The van der Waals surface area contributed by atoms with E-state index in [2.05, 4.69) is 15.3 Å². The molecule has 0 fully saturated rings. The van der Waals surface area contributed by atoms with Gasteiger partial charge in [-0.2, -0.15) is 0 Å². The molecule has 0 unspecified atom stereocenters. The van der Waals surface area contributed by atoms with E-state index < -0.39 is 0 Å². The van der Waals surface area contributed by atoms with Crippen LogP contribution in [-0.4, -0.2) is 36.1 Å². The van der Waals surface area contributed by atoms with Crippen molar-refractivity contribution in [2.24, 2.45) is 5.73 Å². The van der Waals surface area contributed by atoms with Gasteiger partial charge in [0.25, 0.3) is 5.91 Å². The Bertz CT molecular complexity index is 913. The van der Waals surface area contributed by atoms with E-state index in [-0.39, 0.29) is 5.91 Å². The molecule has 0 saturated heterocycles. The number of aryl methyl sites for hydroxylation is 1. The Balaban J connectivity index is 1.94. The van der Waals surface area contributed by atoms with Crippen molar-refractivity contribution in [3.63, 3.8) is 0 Å². The van der Waals surface area contributed by atoms with E-state index in [1.54, 1.807) is 19.2 Å². The molecule has 7 heteroatoms. The van der Waals surface area contributed by atoms with Crippen LogP contribution >= 0.6 is 11.6 Å². The first-order valence-electron chi connectivity index (χ1n) is 8.36. The van der Waals surface area contributed by atoms with Crippen molar-refractivity contribution in [3.8, 4) is 17.1 Å². The second kappa shape index (κ2) is 7.76. The molecule has 3 rings (SSSR count). The molecule has 0 radical (unpaired) electrons. The van der Waals surface area contributed by atoms with E-state index >= 15 is 0 Å². The summed E-state index contributed by atoms with van der Waals surface area (Å²) in [5, 5.41) is 3.50. The second-order valence-electron chi connectivity index (χ2n) is 6.02. The maximum atomic E-state index is 12.2. The first kappa shape index (κ1) is 18.2. The average Bonchev–Trinajstić information content (AvgIpc) is 3.04. The third-order valence-corrected chi connectivity index (χ3v) is 4.55. The zero-order valence-corrected chi connectivity index (χ0v) is 15.5. The van der Waals surface area contributed by atoms with Crippen LogP contribution in [0.15, 0.2) is 30.3 Å². The van der Waals surface area contributed by atoms with E-state index in [1.165, 1.54) is 0 Å². The highest BCUT2D eigenvalue weighted by atomic mass is 35.5. The lowest BCUT2D eigenvalue weighted by Crippen LogP contribution is -2.25. The third-order valence-electron chi connectivity index (χ3n) is 4.15. The second-order valence-corrected chi connectivity index (χ2v) is 6.42. The fourth-order valence-electron chi connectivity index (χ4n) is 2.70. The van der Waals surface area contributed by atoms with Crippen molar-refractivity contribution in [2.75, 3.05) is 20.2 Å². The summed E-state index contributed by atoms with van der Waals surface area (Å²) >= 11 is 6.18. The van der Waals surface area contributed by atoms with Crippen LogP contribution in [-0.2, 0) is 0 Å². The number of nitrogens with two attached hydrogens (primary N) is 1. The molecular formula is C19H21ClN4O2. The molecule has 0 atom stereocenters. The lowest BCUT2D eigenvalue weighted by atomic mass is 10.1. The van der Waals surface area contributed by atoms with E-state index in [1.807, 2.05) is 25.1 Å². The minimum Gasteiger partial charge on any atom is -0.496 e. The molecule has 0 aliphatic rings. The number of imidazole rings is 1. The maximum absolute atomic E-state index is 12.2. The number of carbonyl (C=O) groups excluding carboxylic acids is 1. The van der Waals surface area contributed by atoms with Crippen LogP contribution < -0.4 is 15.8 Å². The number of amides is 1. The fourth-order valence-corrected chi connectivity index (χ4v) is 2.86. The van der Waals surface area contributed by atoms with Crippen LogP contribution in [0.3, 0.4) is 0 Å². The molecule has 0 spiro atoms. The summed E-state index contributed by atoms with van der Waals surface area (Å²) in [6.07, 6.45) is 0.738. The summed E-state index contributed by atoms with van der Waals surface area (Å²) in [4.78, 5) is 20.1. The van der Waals surface area contributed by atoms with Gasteiger partial charge in [0.2, 0.25) is 0 Å². The summed E-state index contributed by atoms with van der Waals surface area (Å²) in [5.74, 6) is 1.07. The van der Waals surface area contributed by atoms with Gasteiger partial charge in [-0.3, -0.25) is 4.79 Å². The predicted octanol–water partition coefficient (Wildman–Crippen LogP) is 3.28. The lowest BCUT2D eigenvalue weighted by Gasteiger charge is -2.09. The minimum atomic E-state index is -0.157. The molecule has 136 valence electrons. The molecule has 6 nitrogen and oxygen atoms in total. The van der Waals surface area contributed by atoms with E-state index in [4.69, 9.17) is 22.1 Å². The van der Waals surface area contributed by atoms with Gasteiger partial charge in [0.05, 0.1) is 23.7 Å². The third kappa shape index (κ3) is 3.66. The van der Waals surface area contributed by atoms with Gasteiger partial charge in [-0.05, 0) is 55.8 Å². The molecule has 1 heterocycles. The number of ether oxygens (including phenoxy) is 1. The van der Waals surface area contributed by atoms with E-state index in [0.29, 0.717) is 35.2 Å². The van der Waals surface area contributed by atoms with Gasteiger partial charge in [0, 0.05) is 17.1 Å². The Morgan fingerprint density at radius 3 is 2.88 bits per heavy atom. The number of rotatable bonds is 6. The Hall–Kier alpha value is -2.57. The first-order chi connectivity index (χ1) is 12.5. The summed E-state index contributed by atoms with van der Waals surface area (Å²) in [6, 6.07) is 9.07. The predicted molar refractivity (Wildman–Crippen MR) is 104 cm³/mol. The van der Waals surface area contributed by atoms with Crippen molar-refractivity contribution >= 4 is 28.5 Å². The SMILES string of the molecule is COc1cc(C(=O)NCCCN)ccc1-c1nc2cc(Cl)c(C)cc2[nH]1. The number of hydrogen-bond donors (Lipinski definition) is 3. The number of nitrogens with zero attached hydrogens (tertiary/aromatic N) is 1. The van der Waals surface area contributed by atoms with Crippen LogP contribution in [0.4, 0.5) is 0 Å². The Morgan fingerprint density at radius 1 is 1.35 bits per heavy atom. The monoisotopic (exact) mass is 372 g/mol. The summed E-state index contributed by atoms with van der Waals surface area (Å²) < 4.78 is 5.47. The topological polar surface area (TPSA) is 93.0 Å². The molecule has 1 amide bonds. The van der Waals surface area contributed by atoms with Crippen molar-refractivity contribution in [3.05, 3.63) is 46.5 Å². The van der Waals surface area contributed by atoms with Crippen LogP contribution in [0.25, 0.3) is 22.4 Å². The number of nitrogens with one attached hydrogen (secondary N) is 2. The molecule has 0 bridgehead atoms. The molecule has 2 aromatic carbocycles. The van der Waals surface area contributed by atoms with Crippen LogP contribution in [0.1, 0.15) is 22.3 Å². The standard InChI is InChI=1S/C19H21ClN4O2/c1-11-8-15-16(10-14(11)20)24-18(23-15)13-5-4-12(9-17(13)26-2)19(25)22-7-3-6-21/h4-5,8-10H,3,6-7,21H2,1-2H3,(H,22,25)(H,23,24). The average molecular weight is 373 g/mol. The van der Waals surface area contributed by atoms with E-state index in [9.17, 15) is 4.79 Å². The lowest BCUT2D eigenvalue weighted by molar-refractivity contribution is 0.0953. The number of aromatic amines is 1. The Labute approximate surface area is 156 Å². The normalized spacial score (nSPS) is 10.9. The summed E-state index contributed by atoms with van der Waals surface area (Å²) in [6.45, 7) is 3.03. The number of fused-ring (bicyclic) bond motifs is 1. The largest absolute Gasteiger partial charge is 0.496 e. The summed E-state index contributed by atoms with van der Waals surface area (Å²) in [5.41, 5.74) is 9.40. The van der Waals surface area contributed by atoms with Crippen molar-refractivity contribution in [2.45, 2.75) is 13.3 Å². The molecule has 1 aromatic heterocycles. The van der Waals surface area contributed by atoms with Gasteiger partial charge >= 0.3 is 0 Å². The van der Waals surface area contributed by atoms with Gasteiger partial charge in [-0.1, -0.05) is 11.6 Å². The number of H-pyrrole nitrogens is 1. The van der Waals surface area contributed by atoms with Crippen molar-refractivity contribution < 1.29 is 9.53 Å². The quantitative estimate of drug-likeness (QED) is 0.579. The first-order valence-corrected chi connectivity index (χ1v) is 8.74. The minimum absolute atomic E-state index is 0.157. The van der Waals surface area contributed by atoms with Gasteiger partial charge in [0.15, 0.2) is 0 Å². The molecule has 26 heavy (non-hydrogen) atoms. The van der Waals surface area contributed by atoms with Gasteiger partial charge < -0.3 is 20.8 Å². The van der Waals surface area contributed by atoms with Crippen LogP contribution in [0, 0.1) is 6.92 Å². The molecule has 3 aromatic rings. The van der Waals surface area contributed by atoms with Gasteiger partial charge in [-0.25, -0.2) is 4.98 Å². The molecule has 0 aliphatic heterocycles. The number of halogens is 1. The zero-order chi connectivity index (χ0) is 18.7. The molecule has 0 aliphatic carbocycles. The number of hydrogen-bond acceptors (Lipinski definition) is 4. The number of aromatic nitrogens is 2. The Morgan fingerprint density at radius 2 is 2.15 bits per heavy atom. The van der Waals surface area contributed by atoms with Gasteiger partial charge in [0.1, 0.15) is 11.6 Å². The van der Waals surface area contributed by atoms with E-state index in [0.717, 1.165) is 28.6 Å².